The molecule has 0 radical (unpaired) electrons. The SMILES string of the molecule is O=C(Cc1c[nH]c2cc(F)ccc12)Nc1ccccc1Cl. The predicted molar refractivity (Wildman–Crippen MR) is 82.0 cm³/mol. The Balaban J connectivity index is 1.79. The number of aromatic amines is 1. The van der Waals surface area contributed by atoms with Gasteiger partial charge in [-0.05, 0) is 35.9 Å². The second-order valence-corrected chi connectivity index (χ2v) is 5.12. The van der Waals surface area contributed by atoms with Gasteiger partial charge in [0.15, 0.2) is 0 Å². The molecule has 0 aliphatic rings. The first-order chi connectivity index (χ1) is 10.1. The average Bonchev–Trinajstić information content (AvgIpc) is 2.83. The number of benzene rings is 2. The molecule has 1 heterocycles. The van der Waals surface area contributed by atoms with Crippen LogP contribution in [0.1, 0.15) is 5.56 Å². The summed E-state index contributed by atoms with van der Waals surface area (Å²) < 4.78 is 13.1. The van der Waals surface area contributed by atoms with E-state index in [-0.39, 0.29) is 18.1 Å². The standard InChI is InChI=1S/C16H12ClFN2O/c17-13-3-1-2-4-14(13)20-16(21)7-10-9-19-15-8-11(18)5-6-12(10)15/h1-6,8-9,19H,7H2,(H,20,21). The van der Waals surface area contributed by atoms with Gasteiger partial charge < -0.3 is 10.3 Å². The summed E-state index contributed by atoms with van der Waals surface area (Å²) in [5.74, 6) is -0.482. The molecule has 21 heavy (non-hydrogen) atoms. The number of halogens is 2. The van der Waals surface area contributed by atoms with E-state index in [4.69, 9.17) is 11.6 Å². The lowest BCUT2D eigenvalue weighted by Gasteiger charge is -2.06. The van der Waals surface area contributed by atoms with Crippen LogP contribution in [0.2, 0.25) is 5.02 Å². The zero-order valence-electron chi connectivity index (χ0n) is 11.0. The zero-order valence-corrected chi connectivity index (χ0v) is 11.7. The van der Waals surface area contributed by atoms with Gasteiger partial charge in [-0.1, -0.05) is 23.7 Å². The number of rotatable bonds is 3. The molecule has 3 aromatic rings. The first-order valence-corrected chi connectivity index (χ1v) is 6.81. The number of hydrogen-bond acceptors (Lipinski definition) is 1. The summed E-state index contributed by atoms with van der Waals surface area (Å²) in [5, 5.41) is 4.10. The Morgan fingerprint density at radius 3 is 2.86 bits per heavy atom. The van der Waals surface area contributed by atoms with Crippen molar-refractivity contribution < 1.29 is 9.18 Å². The monoisotopic (exact) mass is 302 g/mol. The van der Waals surface area contributed by atoms with E-state index in [2.05, 4.69) is 10.3 Å². The topological polar surface area (TPSA) is 44.9 Å². The fourth-order valence-corrected chi connectivity index (χ4v) is 2.42. The lowest BCUT2D eigenvalue weighted by Crippen LogP contribution is -2.14. The van der Waals surface area contributed by atoms with Gasteiger partial charge in [0.25, 0.3) is 0 Å². The smallest absolute Gasteiger partial charge is 0.228 e. The molecule has 0 aliphatic heterocycles. The van der Waals surface area contributed by atoms with Crippen molar-refractivity contribution in [3.8, 4) is 0 Å². The Morgan fingerprint density at radius 2 is 2.05 bits per heavy atom. The minimum atomic E-state index is -0.309. The molecule has 1 amide bonds. The number of carbonyl (C=O) groups excluding carboxylic acids is 1. The van der Waals surface area contributed by atoms with E-state index in [1.165, 1.54) is 12.1 Å². The summed E-state index contributed by atoms with van der Waals surface area (Å²) in [6, 6.07) is 11.5. The van der Waals surface area contributed by atoms with Gasteiger partial charge in [0.2, 0.25) is 5.91 Å². The van der Waals surface area contributed by atoms with Crippen LogP contribution >= 0.6 is 11.6 Å². The third-order valence-electron chi connectivity index (χ3n) is 3.23. The molecule has 1 aromatic heterocycles. The van der Waals surface area contributed by atoms with Crippen LogP contribution < -0.4 is 5.32 Å². The number of nitrogens with one attached hydrogen (secondary N) is 2. The summed E-state index contributed by atoms with van der Waals surface area (Å²) in [6.07, 6.45) is 1.91. The van der Waals surface area contributed by atoms with Gasteiger partial charge in [0.1, 0.15) is 5.82 Å². The molecule has 106 valence electrons. The molecule has 2 N–H and O–H groups in total. The van der Waals surface area contributed by atoms with E-state index >= 15 is 0 Å². The van der Waals surface area contributed by atoms with Crippen LogP contribution in [0, 0.1) is 5.82 Å². The van der Waals surface area contributed by atoms with Crippen molar-refractivity contribution in [1.29, 1.82) is 0 Å². The first kappa shape index (κ1) is 13.6. The molecule has 0 bridgehead atoms. The van der Waals surface area contributed by atoms with Crippen LogP contribution in [-0.2, 0) is 11.2 Å². The summed E-state index contributed by atoms with van der Waals surface area (Å²) in [4.78, 5) is 15.0. The van der Waals surface area contributed by atoms with Crippen molar-refractivity contribution in [1.82, 2.24) is 4.98 Å². The summed E-state index contributed by atoms with van der Waals surface area (Å²) in [5.41, 5.74) is 2.07. The molecule has 5 heteroatoms. The van der Waals surface area contributed by atoms with E-state index < -0.39 is 0 Å². The number of H-pyrrole nitrogens is 1. The van der Waals surface area contributed by atoms with Crippen molar-refractivity contribution in [3.63, 3.8) is 0 Å². The molecule has 0 aliphatic carbocycles. The van der Waals surface area contributed by atoms with E-state index in [1.54, 1.807) is 36.5 Å². The highest BCUT2D eigenvalue weighted by Gasteiger charge is 2.10. The number of fused-ring (bicyclic) bond motifs is 1. The van der Waals surface area contributed by atoms with Crippen LogP contribution in [0.4, 0.5) is 10.1 Å². The second-order valence-electron chi connectivity index (χ2n) is 4.71. The molecule has 0 saturated carbocycles. The van der Waals surface area contributed by atoms with E-state index in [0.717, 1.165) is 10.9 Å². The van der Waals surface area contributed by atoms with Crippen LogP contribution in [0.15, 0.2) is 48.7 Å². The van der Waals surface area contributed by atoms with Crippen molar-refractivity contribution in [2.75, 3.05) is 5.32 Å². The predicted octanol–water partition coefficient (Wildman–Crippen LogP) is 4.14. The maximum atomic E-state index is 13.1. The average molecular weight is 303 g/mol. The Hall–Kier alpha value is -2.33. The van der Waals surface area contributed by atoms with Gasteiger partial charge in [0.05, 0.1) is 17.1 Å². The molecule has 0 spiro atoms. The van der Waals surface area contributed by atoms with Crippen molar-refractivity contribution >= 4 is 34.1 Å². The van der Waals surface area contributed by atoms with Crippen molar-refractivity contribution in [3.05, 3.63) is 65.1 Å². The Morgan fingerprint density at radius 1 is 1.24 bits per heavy atom. The van der Waals surface area contributed by atoms with Crippen LogP contribution in [-0.4, -0.2) is 10.9 Å². The quantitative estimate of drug-likeness (QED) is 0.750. The molecule has 3 nitrogen and oxygen atoms in total. The molecular weight excluding hydrogens is 291 g/mol. The highest BCUT2D eigenvalue weighted by atomic mass is 35.5. The minimum Gasteiger partial charge on any atom is -0.361 e. The summed E-state index contributed by atoms with van der Waals surface area (Å²) >= 11 is 6.00. The van der Waals surface area contributed by atoms with Gasteiger partial charge in [-0.15, -0.1) is 0 Å². The maximum Gasteiger partial charge on any atom is 0.228 e. The molecule has 0 atom stereocenters. The van der Waals surface area contributed by atoms with Gasteiger partial charge >= 0.3 is 0 Å². The van der Waals surface area contributed by atoms with Gasteiger partial charge in [0, 0.05) is 17.1 Å². The molecule has 0 saturated heterocycles. The molecule has 0 unspecified atom stereocenters. The Labute approximate surface area is 125 Å². The number of amides is 1. The molecular formula is C16H12ClFN2O. The largest absolute Gasteiger partial charge is 0.361 e. The van der Waals surface area contributed by atoms with E-state index in [1.807, 2.05) is 0 Å². The first-order valence-electron chi connectivity index (χ1n) is 6.43. The number of para-hydroxylation sites is 1. The molecule has 2 aromatic carbocycles. The third kappa shape index (κ3) is 2.90. The number of hydrogen-bond donors (Lipinski definition) is 2. The lowest BCUT2D eigenvalue weighted by molar-refractivity contribution is -0.115. The van der Waals surface area contributed by atoms with Crippen molar-refractivity contribution in [2.45, 2.75) is 6.42 Å². The second kappa shape index (κ2) is 5.58. The fourth-order valence-electron chi connectivity index (χ4n) is 2.23. The lowest BCUT2D eigenvalue weighted by atomic mass is 10.1. The van der Waals surface area contributed by atoms with Gasteiger partial charge in [-0.25, -0.2) is 4.39 Å². The number of carbonyl (C=O) groups is 1. The normalized spacial score (nSPS) is 10.8. The molecule has 0 fully saturated rings. The Bertz CT molecular complexity index is 813. The molecule has 3 rings (SSSR count). The van der Waals surface area contributed by atoms with Crippen LogP contribution in [0.3, 0.4) is 0 Å². The van der Waals surface area contributed by atoms with Crippen molar-refractivity contribution in [2.24, 2.45) is 0 Å². The summed E-state index contributed by atoms with van der Waals surface area (Å²) in [6.45, 7) is 0. The van der Waals surface area contributed by atoms with Crippen LogP contribution in [0.5, 0.6) is 0 Å². The van der Waals surface area contributed by atoms with Crippen LogP contribution in [0.25, 0.3) is 10.9 Å². The Kier molecular flexibility index (Phi) is 3.62. The number of anilines is 1. The van der Waals surface area contributed by atoms with E-state index in [0.29, 0.717) is 16.2 Å². The minimum absolute atomic E-state index is 0.173. The third-order valence-corrected chi connectivity index (χ3v) is 3.56. The van der Waals surface area contributed by atoms with Gasteiger partial charge in [-0.3, -0.25) is 4.79 Å². The highest BCUT2D eigenvalue weighted by Crippen LogP contribution is 2.22. The maximum absolute atomic E-state index is 13.1. The number of aromatic nitrogens is 1. The van der Waals surface area contributed by atoms with Gasteiger partial charge in [-0.2, -0.15) is 0 Å². The fraction of sp³-hybridized carbons (Fsp3) is 0.0625. The zero-order chi connectivity index (χ0) is 14.8. The van der Waals surface area contributed by atoms with E-state index in [9.17, 15) is 9.18 Å². The summed E-state index contributed by atoms with van der Waals surface area (Å²) in [7, 11) is 0. The highest BCUT2D eigenvalue weighted by molar-refractivity contribution is 6.33.